The van der Waals surface area contributed by atoms with Gasteiger partial charge >= 0.3 is 0 Å². The van der Waals surface area contributed by atoms with Gasteiger partial charge in [0.05, 0.1) is 12.1 Å². The minimum atomic E-state index is -0.422. The van der Waals surface area contributed by atoms with Crippen LogP contribution in [0.3, 0.4) is 0 Å². The van der Waals surface area contributed by atoms with Gasteiger partial charge < -0.3 is 14.4 Å². The van der Waals surface area contributed by atoms with Crippen molar-refractivity contribution < 1.29 is 14.3 Å². The summed E-state index contributed by atoms with van der Waals surface area (Å²) in [4.78, 5) is 14.0. The Kier molecular flexibility index (Phi) is 4.45. The number of likely N-dealkylation sites (N-methyl/N-ethyl adjacent to an activating group) is 1. The lowest BCUT2D eigenvalue weighted by Gasteiger charge is -2.18. The van der Waals surface area contributed by atoms with Gasteiger partial charge in [-0.25, -0.2) is 0 Å². The van der Waals surface area contributed by atoms with Crippen LogP contribution in [0, 0.1) is 0 Å². The van der Waals surface area contributed by atoms with E-state index in [0.717, 1.165) is 12.0 Å². The summed E-state index contributed by atoms with van der Waals surface area (Å²) >= 11 is 0. The average molecular weight is 275 g/mol. The molecule has 1 amide bonds. The predicted molar refractivity (Wildman–Crippen MR) is 78.0 cm³/mol. The quantitative estimate of drug-likeness (QED) is 0.796. The molecule has 0 N–H and O–H groups in total. The third-order valence-corrected chi connectivity index (χ3v) is 3.31. The number of benzene rings is 1. The van der Waals surface area contributed by atoms with E-state index in [4.69, 9.17) is 9.47 Å². The number of methoxy groups -OCH3 is 1. The van der Waals surface area contributed by atoms with Crippen molar-refractivity contribution in [1.29, 1.82) is 0 Å². The molecular weight excluding hydrogens is 254 g/mol. The monoisotopic (exact) mass is 275 g/mol. The van der Waals surface area contributed by atoms with E-state index in [2.05, 4.69) is 19.9 Å². The molecule has 0 aromatic heterocycles. The number of amides is 1. The van der Waals surface area contributed by atoms with Crippen molar-refractivity contribution in [3.63, 3.8) is 0 Å². The largest absolute Gasteiger partial charge is 0.462 e. The number of fused-ring (bicyclic) bond motifs is 1. The first-order chi connectivity index (χ1) is 9.51. The SMILES string of the molecule is COC1CN(C)C(=O)c2cc(CC=C(C)C)ccc2O1. The van der Waals surface area contributed by atoms with Gasteiger partial charge in [0.15, 0.2) is 0 Å². The van der Waals surface area contributed by atoms with Crippen LogP contribution in [0.25, 0.3) is 0 Å². The lowest BCUT2D eigenvalue weighted by Crippen LogP contribution is -2.34. The van der Waals surface area contributed by atoms with Crippen molar-refractivity contribution in [2.75, 3.05) is 20.7 Å². The lowest BCUT2D eigenvalue weighted by atomic mass is 10.1. The van der Waals surface area contributed by atoms with Gasteiger partial charge in [-0.05, 0) is 38.0 Å². The van der Waals surface area contributed by atoms with E-state index in [-0.39, 0.29) is 5.91 Å². The topological polar surface area (TPSA) is 38.8 Å². The lowest BCUT2D eigenvalue weighted by molar-refractivity contribution is -0.0606. The number of hydrogen-bond donors (Lipinski definition) is 0. The molecule has 1 aliphatic rings. The fourth-order valence-electron chi connectivity index (χ4n) is 2.11. The Bertz CT molecular complexity index is 533. The van der Waals surface area contributed by atoms with Gasteiger partial charge in [0.2, 0.25) is 6.29 Å². The van der Waals surface area contributed by atoms with Gasteiger partial charge in [-0.15, -0.1) is 0 Å². The summed E-state index contributed by atoms with van der Waals surface area (Å²) in [5.74, 6) is 0.561. The summed E-state index contributed by atoms with van der Waals surface area (Å²) in [6.45, 7) is 4.55. The number of ether oxygens (including phenoxy) is 2. The molecule has 0 radical (unpaired) electrons. The molecule has 4 heteroatoms. The summed E-state index contributed by atoms with van der Waals surface area (Å²) < 4.78 is 11.0. The molecule has 0 saturated heterocycles. The summed E-state index contributed by atoms with van der Waals surface area (Å²) in [5.41, 5.74) is 2.97. The van der Waals surface area contributed by atoms with Gasteiger partial charge in [-0.2, -0.15) is 0 Å². The van der Waals surface area contributed by atoms with E-state index >= 15 is 0 Å². The highest BCUT2D eigenvalue weighted by Gasteiger charge is 2.26. The molecule has 0 bridgehead atoms. The maximum absolute atomic E-state index is 12.4. The van der Waals surface area contributed by atoms with E-state index in [0.29, 0.717) is 17.9 Å². The molecule has 1 aliphatic heterocycles. The van der Waals surface area contributed by atoms with Crippen molar-refractivity contribution in [3.05, 3.63) is 41.0 Å². The number of nitrogens with zero attached hydrogens (tertiary/aromatic N) is 1. The number of carbonyl (C=O) groups is 1. The second-order valence-electron chi connectivity index (χ2n) is 5.28. The Morgan fingerprint density at radius 2 is 2.25 bits per heavy atom. The Morgan fingerprint density at radius 3 is 2.90 bits per heavy atom. The zero-order chi connectivity index (χ0) is 14.7. The van der Waals surface area contributed by atoms with Crippen LogP contribution in [0.4, 0.5) is 0 Å². The molecule has 108 valence electrons. The second-order valence-corrected chi connectivity index (χ2v) is 5.28. The van der Waals surface area contributed by atoms with E-state index in [9.17, 15) is 4.79 Å². The van der Waals surface area contributed by atoms with Crippen molar-refractivity contribution in [3.8, 4) is 5.75 Å². The maximum Gasteiger partial charge on any atom is 0.257 e. The van der Waals surface area contributed by atoms with Gasteiger partial charge in [-0.1, -0.05) is 17.7 Å². The van der Waals surface area contributed by atoms with Crippen LogP contribution in [-0.2, 0) is 11.2 Å². The molecule has 1 atom stereocenters. The summed E-state index contributed by atoms with van der Waals surface area (Å²) in [6, 6.07) is 5.75. The average Bonchev–Trinajstić information content (AvgIpc) is 2.55. The van der Waals surface area contributed by atoms with Gasteiger partial charge in [0.25, 0.3) is 5.91 Å². The maximum atomic E-state index is 12.4. The Balaban J connectivity index is 2.34. The van der Waals surface area contributed by atoms with Crippen LogP contribution >= 0.6 is 0 Å². The molecular formula is C16H21NO3. The van der Waals surface area contributed by atoms with Gasteiger partial charge in [-0.3, -0.25) is 4.79 Å². The van der Waals surface area contributed by atoms with Crippen LogP contribution in [0.15, 0.2) is 29.8 Å². The molecule has 0 saturated carbocycles. The van der Waals surface area contributed by atoms with E-state index < -0.39 is 6.29 Å². The third kappa shape index (κ3) is 3.20. The summed E-state index contributed by atoms with van der Waals surface area (Å²) in [5, 5.41) is 0. The molecule has 1 unspecified atom stereocenters. The van der Waals surface area contributed by atoms with Gasteiger partial charge in [0.1, 0.15) is 5.75 Å². The van der Waals surface area contributed by atoms with E-state index in [1.54, 1.807) is 19.1 Å². The molecule has 0 fully saturated rings. The standard InChI is InChI=1S/C16H21NO3/c1-11(2)5-6-12-7-8-14-13(9-12)16(18)17(3)10-15(19-4)20-14/h5,7-9,15H,6,10H2,1-4H3. The Morgan fingerprint density at radius 1 is 1.50 bits per heavy atom. The second kappa shape index (κ2) is 6.09. The predicted octanol–water partition coefficient (Wildman–Crippen LogP) is 2.63. The van der Waals surface area contributed by atoms with Crippen LogP contribution in [0.5, 0.6) is 5.75 Å². The highest BCUT2D eigenvalue weighted by atomic mass is 16.7. The molecule has 20 heavy (non-hydrogen) atoms. The number of hydrogen-bond acceptors (Lipinski definition) is 3. The molecule has 1 aromatic carbocycles. The zero-order valence-electron chi connectivity index (χ0n) is 12.5. The number of carbonyl (C=O) groups excluding carboxylic acids is 1. The zero-order valence-corrected chi connectivity index (χ0v) is 12.5. The highest BCUT2D eigenvalue weighted by molar-refractivity contribution is 5.97. The summed E-state index contributed by atoms with van der Waals surface area (Å²) in [6.07, 6.45) is 2.54. The molecule has 1 heterocycles. The molecule has 1 aromatic rings. The minimum Gasteiger partial charge on any atom is -0.462 e. The van der Waals surface area contributed by atoms with Gasteiger partial charge in [0, 0.05) is 14.2 Å². The molecule has 2 rings (SSSR count). The first-order valence-corrected chi connectivity index (χ1v) is 6.72. The van der Waals surface area contributed by atoms with Crippen molar-refractivity contribution >= 4 is 5.91 Å². The summed E-state index contributed by atoms with van der Waals surface area (Å²) in [7, 11) is 3.34. The molecule has 0 aliphatic carbocycles. The number of rotatable bonds is 3. The van der Waals surface area contributed by atoms with Crippen LogP contribution in [0.2, 0.25) is 0 Å². The highest BCUT2D eigenvalue weighted by Crippen LogP contribution is 2.26. The first kappa shape index (κ1) is 14.6. The van der Waals surface area contributed by atoms with Crippen molar-refractivity contribution in [1.82, 2.24) is 4.90 Å². The fourth-order valence-corrected chi connectivity index (χ4v) is 2.11. The van der Waals surface area contributed by atoms with Crippen molar-refractivity contribution in [2.24, 2.45) is 0 Å². The molecule has 4 nitrogen and oxygen atoms in total. The smallest absolute Gasteiger partial charge is 0.257 e. The normalized spacial score (nSPS) is 18.1. The Labute approximate surface area is 120 Å². The van der Waals surface area contributed by atoms with Crippen LogP contribution in [-0.4, -0.2) is 37.8 Å². The van der Waals surface area contributed by atoms with Crippen LogP contribution in [0.1, 0.15) is 29.8 Å². The molecule has 0 spiro atoms. The van der Waals surface area contributed by atoms with Crippen molar-refractivity contribution in [2.45, 2.75) is 26.6 Å². The van der Waals surface area contributed by atoms with Crippen LogP contribution < -0.4 is 4.74 Å². The Hall–Kier alpha value is -1.81. The first-order valence-electron chi connectivity index (χ1n) is 6.72. The number of allylic oxidation sites excluding steroid dienone is 2. The van der Waals surface area contributed by atoms with E-state index in [1.165, 1.54) is 5.57 Å². The van der Waals surface area contributed by atoms with E-state index in [1.807, 2.05) is 18.2 Å². The fraction of sp³-hybridized carbons (Fsp3) is 0.438. The minimum absolute atomic E-state index is 0.0291. The third-order valence-electron chi connectivity index (χ3n) is 3.31.